The minimum atomic E-state index is -1.34. The molecule has 2 rings (SSSR count). The molecule has 110 valence electrons. The molecule has 1 aromatic rings. The lowest BCUT2D eigenvalue weighted by Crippen LogP contribution is -2.48. The monoisotopic (exact) mass is 322 g/mol. The second-order valence-corrected chi connectivity index (χ2v) is 5.96. The van der Waals surface area contributed by atoms with E-state index in [2.05, 4.69) is 0 Å². The van der Waals surface area contributed by atoms with E-state index in [4.69, 9.17) is 17.0 Å². The Labute approximate surface area is 131 Å². The first-order chi connectivity index (χ1) is 9.95. The summed E-state index contributed by atoms with van der Waals surface area (Å²) in [6.45, 7) is 1.37. The van der Waals surface area contributed by atoms with Crippen molar-refractivity contribution >= 4 is 46.3 Å². The number of nitrogens with zero attached hydrogens (tertiary/aromatic N) is 1. The van der Waals surface area contributed by atoms with E-state index in [1.54, 1.807) is 18.2 Å². The van der Waals surface area contributed by atoms with E-state index in [0.717, 1.165) is 22.2 Å². The second-order valence-electron chi connectivity index (χ2n) is 4.29. The van der Waals surface area contributed by atoms with Crippen LogP contribution in [0.5, 0.6) is 5.75 Å². The smallest absolute Gasteiger partial charge is 0.266 e. The van der Waals surface area contributed by atoms with Crippen LogP contribution in [0.1, 0.15) is 12.5 Å². The molecule has 5 nitrogen and oxygen atoms in total. The molecule has 1 fully saturated rings. The van der Waals surface area contributed by atoms with Gasteiger partial charge in [-0.1, -0.05) is 42.2 Å². The van der Waals surface area contributed by atoms with E-state index in [0.29, 0.717) is 10.7 Å². The van der Waals surface area contributed by atoms with Gasteiger partial charge in [-0.05, 0) is 19.1 Å². The van der Waals surface area contributed by atoms with Gasteiger partial charge in [-0.2, -0.15) is 0 Å². The third kappa shape index (κ3) is 3.08. The maximum Gasteiger partial charge on any atom is 0.266 e. The number of thiocarbonyl (C=S) groups is 1. The molecule has 21 heavy (non-hydrogen) atoms. The van der Waals surface area contributed by atoms with Gasteiger partial charge in [0.15, 0.2) is 0 Å². The molecule has 0 N–H and O–H groups in total. The lowest BCUT2D eigenvalue weighted by atomic mass is 10.2. The molecule has 0 aliphatic carbocycles. The minimum Gasteiger partial charge on any atom is -0.548 e. The molecule has 1 amide bonds. The molecule has 1 heterocycles. The number of rotatable bonds is 4. The van der Waals surface area contributed by atoms with Gasteiger partial charge in [-0.15, -0.1) is 0 Å². The predicted octanol–water partition coefficient (Wildman–Crippen LogP) is 1.03. The Kier molecular flexibility index (Phi) is 4.64. The third-order valence-corrected chi connectivity index (χ3v) is 4.31. The van der Waals surface area contributed by atoms with Crippen LogP contribution in [-0.4, -0.2) is 34.2 Å². The summed E-state index contributed by atoms with van der Waals surface area (Å²) in [5.74, 6) is -1.16. The van der Waals surface area contributed by atoms with Crippen molar-refractivity contribution in [3.8, 4) is 5.75 Å². The molecule has 1 aliphatic rings. The molecule has 0 aromatic heterocycles. The number of thioether (sulfide) groups is 1. The quantitative estimate of drug-likeness (QED) is 0.609. The molecule has 7 heteroatoms. The van der Waals surface area contributed by atoms with Crippen molar-refractivity contribution in [2.45, 2.75) is 13.0 Å². The summed E-state index contributed by atoms with van der Waals surface area (Å²) in [7, 11) is 1.54. The molecule has 1 aliphatic heterocycles. The summed E-state index contributed by atoms with van der Waals surface area (Å²) in [4.78, 5) is 24.6. The van der Waals surface area contributed by atoms with Crippen molar-refractivity contribution < 1.29 is 19.4 Å². The maximum atomic E-state index is 12.3. The van der Waals surface area contributed by atoms with Crippen molar-refractivity contribution in [1.29, 1.82) is 0 Å². The topological polar surface area (TPSA) is 69.7 Å². The fourth-order valence-electron chi connectivity index (χ4n) is 1.85. The number of para-hydroxylation sites is 1. The fraction of sp³-hybridized carbons (Fsp3) is 0.214. The fourth-order valence-corrected chi connectivity index (χ4v) is 3.26. The number of aliphatic carboxylic acids is 1. The Hall–Kier alpha value is -1.86. The van der Waals surface area contributed by atoms with Crippen molar-refractivity contribution in [1.82, 2.24) is 4.90 Å². The zero-order valence-corrected chi connectivity index (χ0v) is 13.0. The van der Waals surface area contributed by atoms with Crippen LogP contribution in [0.4, 0.5) is 0 Å². The number of ether oxygens (including phenoxy) is 1. The van der Waals surface area contributed by atoms with Crippen molar-refractivity contribution in [2.24, 2.45) is 0 Å². The Balaban J connectivity index is 2.34. The summed E-state index contributed by atoms with van der Waals surface area (Å²) in [5, 5.41) is 10.9. The SMILES string of the molecule is COc1ccccc1/C=C1\SC(=S)N([C@H](C)C(=O)[O-])C1=O. The number of benzene rings is 1. The van der Waals surface area contributed by atoms with Crippen LogP contribution < -0.4 is 9.84 Å². The number of carboxylic acid groups (broad SMARTS) is 1. The Bertz CT molecular complexity index is 642. The first-order valence-electron chi connectivity index (χ1n) is 6.06. The summed E-state index contributed by atoms with van der Waals surface area (Å²) in [6, 6.07) is 6.11. The van der Waals surface area contributed by atoms with Crippen LogP contribution in [0.2, 0.25) is 0 Å². The molecule has 0 spiro atoms. The molecule has 1 saturated heterocycles. The first kappa shape index (κ1) is 15.5. The standard InChI is InChI=1S/C14H13NO4S2/c1-8(13(17)18)15-12(16)11(21-14(15)20)7-9-5-3-4-6-10(9)19-2/h3-8H,1-2H3,(H,17,18)/p-1/b11-7-/t8-/m1/s1. The number of hydrogen-bond donors (Lipinski definition) is 0. The van der Waals surface area contributed by atoms with Gasteiger partial charge < -0.3 is 14.6 Å². The molecule has 0 unspecified atom stereocenters. The average molecular weight is 322 g/mol. The number of hydrogen-bond acceptors (Lipinski definition) is 6. The van der Waals surface area contributed by atoms with Crippen molar-refractivity contribution in [2.75, 3.05) is 7.11 Å². The van der Waals surface area contributed by atoms with E-state index >= 15 is 0 Å². The molecule has 0 radical (unpaired) electrons. The first-order valence-corrected chi connectivity index (χ1v) is 7.29. The van der Waals surface area contributed by atoms with Gasteiger partial charge in [0.05, 0.1) is 24.0 Å². The third-order valence-electron chi connectivity index (χ3n) is 2.98. The van der Waals surface area contributed by atoms with Crippen LogP contribution in [0.3, 0.4) is 0 Å². The predicted molar refractivity (Wildman–Crippen MR) is 82.5 cm³/mol. The Morgan fingerprint density at radius 3 is 2.76 bits per heavy atom. The zero-order chi connectivity index (χ0) is 15.6. The van der Waals surface area contributed by atoms with Crippen LogP contribution in [-0.2, 0) is 9.59 Å². The summed E-state index contributed by atoms with van der Waals surface area (Å²) >= 11 is 6.14. The Morgan fingerprint density at radius 1 is 1.48 bits per heavy atom. The summed E-state index contributed by atoms with van der Waals surface area (Å²) < 4.78 is 5.42. The molecule has 1 atom stereocenters. The van der Waals surface area contributed by atoms with Gasteiger partial charge in [-0.3, -0.25) is 9.69 Å². The van der Waals surface area contributed by atoms with Gasteiger partial charge in [0, 0.05) is 5.56 Å². The van der Waals surface area contributed by atoms with E-state index in [1.165, 1.54) is 14.0 Å². The van der Waals surface area contributed by atoms with Crippen LogP contribution in [0.25, 0.3) is 6.08 Å². The van der Waals surface area contributed by atoms with E-state index in [9.17, 15) is 14.7 Å². The molecule has 0 bridgehead atoms. The van der Waals surface area contributed by atoms with E-state index < -0.39 is 17.9 Å². The van der Waals surface area contributed by atoms with Gasteiger partial charge in [0.2, 0.25) is 0 Å². The lowest BCUT2D eigenvalue weighted by Gasteiger charge is -2.23. The van der Waals surface area contributed by atoms with Crippen LogP contribution >= 0.6 is 24.0 Å². The number of methoxy groups -OCH3 is 1. The molecular formula is C14H12NO4S2-. The van der Waals surface area contributed by atoms with Crippen molar-refractivity contribution in [3.05, 3.63) is 34.7 Å². The van der Waals surface area contributed by atoms with E-state index in [1.807, 2.05) is 12.1 Å². The molecular weight excluding hydrogens is 310 g/mol. The van der Waals surface area contributed by atoms with Gasteiger partial charge in [0.25, 0.3) is 5.91 Å². The van der Waals surface area contributed by atoms with Gasteiger partial charge in [0.1, 0.15) is 10.1 Å². The average Bonchev–Trinajstić information content (AvgIpc) is 2.73. The number of carbonyl (C=O) groups is 2. The normalized spacial score (nSPS) is 18.2. The largest absolute Gasteiger partial charge is 0.548 e. The zero-order valence-electron chi connectivity index (χ0n) is 11.4. The minimum absolute atomic E-state index is 0.206. The number of carboxylic acids is 1. The number of amides is 1. The highest BCUT2D eigenvalue weighted by Crippen LogP contribution is 2.35. The Morgan fingerprint density at radius 2 is 2.14 bits per heavy atom. The van der Waals surface area contributed by atoms with Crippen LogP contribution in [0, 0.1) is 0 Å². The highest BCUT2D eigenvalue weighted by Gasteiger charge is 2.35. The second kappa shape index (κ2) is 6.28. The number of carbonyl (C=O) groups excluding carboxylic acids is 2. The van der Waals surface area contributed by atoms with E-state index in [-0.39, 0.29) is 4.32 Å². The van der Waals surface area contributed by atoms with Crippen molar-refractivity contribution in [3.63, 3.8) is 0 Å². The maximum absolute atomic E-state index is 12.3. The van der Waals surface area contributed by atoms with Gasteiger partial charge >= 0.3 is 0 Å². The highest BCUT2D eigenvalue weighted by molar-refractivity contribution is 8.26. The van der Waals surface area contributed by atoms with Gasteiger partial charge in [-0.25, -0.2) is 0 Å². The van der Waals surface area contributed by atoms with Crippen LogP contribution in [0.15, 0.2) is 29.2 Å². The molecule has 0 saturated carbocycles. The summed E-state index contributed by atoms with van der Waals surface area (Å²) in [6.07, 6.45) is 1.64. The molecule has 1 aromatic carbocycles. The lowest BCUT2D eigenvalue weighted by molar-refractivity contribution is -0.309. The summed E-state index contributed by atoms with van der Waals surface area (Å²) in [5.41, 5.74) is 0.724. The highest BCUT2D eigenvalue weighted by atomic mass is 32.2.